The van der Waals surface area contributed by atoms with Crippen LogP contribution in [-0.4, -0.2) is 43.9 Å². The second kappa shape index (κ2) is 9.95. The molecule has 0 radical (unpaired) electrons. The number of hydrazone groups is 1. The van der Waals surface area contributed by atoms with Crippen LogP contribution in [0.25, 0.3) is 10.9 Å². The maximum Gasteiger partial charge on any atom is 0.270 e. The minimum atomic E-state index is -0.287. The van der Waals surface area contributed by atoms with Gasteiger partial charge in [-0.25, -0.2) is 9.99 Å². The smallest absolute Gasteiger partial charge is 0.270 e. The fourth-order valence-electron chi connectivity index (χ4n) is 3.76. The molecule has 4 rings (SSSR count). The van der Waals surface area contributed by atoms with Crippen LogP contribution in [0, 0.1) is 0 Å². The number of benzene rings is 2. The molecule has 2 aromatic carbocycles. The average molecular weight is 466 g/mol. The molecule has 8 nitrogen and oxygen atoms in total. The quantitative estimate of drug-likeness (QED) is 0.577. The van der Waals surface area contributed by atoms with Crippen LogP contribution in [0.3, 0.4) is 0 Å². The zero-order chi connectivity index (χ0) is 23.4. The highest BCUT2D eigenvalue weighted by Gasteiger charge is 2.28. The Morgan fingerprint density at radius 3 is 2.70 bits per heavy atom. The van der Waals surface area contributed by atoms with Crippen LogP contribution in [0.1, 0.15) is 37.6 Å². The van der Waals surface area contributed by atoms with Gasteiger partial charge in [0.05, 0.1) is 24.0 Å². The first kappa shape index (κ1) is 22.7. The van der Waals surface area contributed by atoms with Gasteiger partial charge in [0.25, 0.3) is 11.5 Å². The molecule has 9 heteroatoms. The topological polar surface area (TPSA) is 98.7 Å². The van der Waals surface area contributed by atoms with E-state index in [1.54, 1.807) is 23.1 Å². The normalized spacial score (nSPS) is 13.8. The number of hydrogen-bond donors (Lipinski definition) is 1. The lowest BCUT2D eigenvalue weighted by molar-refractivity contribution is -0.132. The molecule has 1 N–H and O–H groups in total. The summed E-state index contributed by atoms with van der Waals surface area (Å²) in [5.41, 5.74) is 1.44. The van der Waals surface area contributed by atoms with E-state index in [2.05, 4.69) is 15.1 Å². The lowest BCUT2D eigenvalue weighted by Crippen LogP contribution is -2.41. The monoisotopic (exact) mass is 465 g/mol. The molecule has 1 aliphatic rings. The van der Waals surface area contributed by atoms with Gasteiger partial charge in [-0.3, -0.25) is 14.4 Å². The van der Waals surface area contributed by atoms with Gasteiger partial charge in [0, 0.05) is 24.4 Å². The molecule has 33 heavy (non-hydrogen) atoms. The Morgan fingerprint density at radius 1 is 1.15 bits per heavy atom. The van der Waals surface area contributed by atoms with Gasteiger partial charge in [0.15, 0.2) is 0 Å². The number of aromatic nitrogens is 2. The molecule has 0 bridgehead atoms. The number of amides is 2. The Bertz CT molecular complexity index is 1270. The average Bonchev–Trinajstić information content (AvgIpc) is 2.80. The van der Waals surface area contributed by atoms with Gasteiger partial charge in [0.1, 0.15) is 11.5 Å². The third-order valence-electron chi connectivity index (χ3n) is 5.37. The molecule has 0 fully saturated rings. The van der Waals surface area contributed by atoms with Crippen molar-refractivity contribution in [3.05, 3.63) is 75.3 Å². The van der Waals surface area contributed by atoms with E-state index in [1.807, 2.05) is 37.3 Å². The number of H-pyrrole nitrogens is 1. The van der Waals surface area contributed by atoms with Crippen molar-refractivity contribution in [1.29, 1.82) is 0 Å². The van der Waals surface area contributed by atoms with Crippen LogP contribution in [0.4, 0.5) is 0 Å². The fourth-order valence-corrected chi connectivity index (χ4v) is 3.92. The first-order valence-electron chi connectivity index (χ1n) is 10.8. The number of fused-ring (bicyclic) bond motifs is 1. The predicted molar refractivity (Wildman–Crippen MR) is 127 cm³/mol. The second-order valence-electron chi connectivity index (χ2n) is 7.88. The predicted octanol–water partition coefficient (Wildman–Crippen LogP) is 3.49. The van der Waals surface area contributed by atoms with E-state index in [-0.39, 0.29) is 36.8 Å². The second-order valence-corrected chi connectivity index (χ2v) is 8.32. The van der Waals surface area contributed by atoms with Crippen LogP contribution >= 0.6 is 11.6 Å². The highest BCUT2D eigenvalue weighted by atomic mass is 35.5. The van der Waals surface area contributed by atoms with Crippen LogP contribution in [0.15, 0.2) is 58.4 Å². The van der Waals surface area contributed by atoms with Crippen LogP contribution < -0.4 is 5.56 Å². The highest BCUT2D eigenvalue weighted by molar-refractivity contribution is 6.39. The fraction of sp³-hybridized carbons (Fsp3) is 0.292. The molecule has 0 unspecified atom stereocenters. The number of nitrogens with zero attached hydrogens (tertiary/aromatic N) is 4. The summed E-state index contributed by atoms with van der Waals surface area (Å²) in [6, 6.07) is 14.4. The lowest BCUT2D eigenvalue weighted by Gasteiger charge is -2.27. The summed E-state index contributed by atoms with van der Waals surface area (Å²) in [6.07, 6.45) is 1.22. The van der Waals surface area contributed by atoms with E-state index in [9.17, 15) is 14.4 Å². The minimum Gasteiger partial charge on any atom is -0.330 e. The Labute approximate surface area is 195 Å². The zero-order valence-corrected chi connectivity index (χ0v) is 19.0. The summed E-state index contributed by atoms with van der Waals surface area (Å²) in [5, 5.41) is 6.65. The van der Waals surface area contributed by atoms with Crippen LogP contribution in [-0.2, 0) is 22.7 Å². The molecule has 0 saturated heterocycles. The summed E-state index contributed by atoms with van der Waals surface area (Å²) < 4.78 is 0. The van der Waals surface area contributed by atoms with Crippen molar-refractivity contribution in [1.82, 2.24) is 19.9 Å². The minimum absolute atomic E-state index is 0.116. The number of carbonyl (C=O) groups excluding carboxylic acids is 2. The lowest BCUT2D eigenvalue weighted by atomic mass is 10.1. The standard InChI is InChI=1S/C24H24ClN5O3/c1-2-12-29(15-21-26-20-13-17(25)8-9-18(20)23(32)27-21)24(33)19-10-11-22(31)30(28-19)14-16-6-4-3-5-7-16/h3-9,13H,2,10-12,14-15H2,1H3,(H,26,27,32). The first-order chi connectivity index (χ1) is 15.9. The Balaban J connectivity index is 1.58. The van der Waals surface area contributed by atoms with Gasteiger partial charge in [-0.1, -0.05) is 48.9 Å². The third-order valence-corrected chi connectivity index (χ3v) is 5.60. The van der Waals surface area contributed by atoms with Crippen molar-refractivity contribution in [2.45, 2.75) is 39.3 Å². The summed E-state index contributed by atoms with van der Waals surface area (Å²) in [6.45, 7) is 2.85. The molecule has 2 amide bonds. The molecule has 1 aliphatic heterocycles. The molecule has 0 atom stereocenters. The van der Waals surface area contributed by atoms with Gasteiger partial charge >= 0.3 is 0 Å². The molecule has 0 saturated carbocycles. The van der Waals surface area contributed by atoms with Gasteiger partial charge in [0.2, 0.25) is 5.91 Å². The van der Waals surface area contributed by atoms with Crippen molar-refractivity contribution >= 4 is 40.0 Å². The van der Waals surface area contributed by atoms with E-state index in [1.165, 1.54) is 5.01 Å². The van der Waals surface area contributed by atoms with Crippen LogP contribution in [0.2, 0.25) is 5.02 Å². The highest BCUT2D eigenvalue weighted by Crippen LogP contribution is 2.17. The van der Waals surface area contributed by atoms with Crippen molar-refractivity contribution < 1.29 is 9.59 Å². The number of rotatable bonds is 7. The molecule has 1 aromatic heterocycles. The third kappa shape index (κ3) is 5.28. The van der Waals surface area contributed by atoms with Crippen molar-refractivity contribution in [2.75, 3.05) is 6.54 Å². The van der Waals surface area contributed by atoms with Gasteiger partial charge in [-0.2, -0.15) is 5.10 Å². The first-order valence-corrected chi connectivity index (χ1v) is 11.2. The Hall–Kier alpha value is -3.52. The molecule has 3 aromatic rings. The van der Waals surface area contributed by atoms with E-state index < -0.39 is 0 Å². The van der Waals surface area contributed by atoms with Crippen molar-refractivity contribution in [3.8, 4) is 0 Å². The molecule has 2 heterocycles. The number of aromatic amines is 1. The summed E-state index contributed by atoms with van der Waals surface area (Å²) in [4.78, 5) is 47.0. The van der Waals surface area contributed by atoms with Crippen LogP contribution in [0.5, 0.6) is 0 Å². The van der Waals surface area contributed by atoms with Crippen molar-refractivity contribution in [3.63, 3.8) is 0 Å². The Morgan fingerprint density at radius 2 is 1.94 bits per heavy atom. The number of hydrogen-bond acceptors (Lipinski definition) is 5. The SMILES string of the molecule is CCCN(Cc1nc2cc(Cl)ccc2c(=O)[nH]1)C(=O)C1=NN(Cc2ccccc2)C(=O)CC1. The van der Waals surface area contributed by atoms with E-state index in [0.29, 0.717) is 40.6 Å². The molecular formula is C24H24ClN5O3. The summed E-state index contributed by atoms with van der Waals surface area (Å²) >= 11 is 6.05. The van der Waals surface area contributed by atoms with E-state index >= 15 is 0 Å². The van der Waals surface area contributed by atoms with Crippen molar-refractivity contribution in [2.24, 2.45) is 5.10 Å². The largest absolute Gasteiger partial charge is 0.330 e. The zero-order valence-electron chi connectivity index (χ0n) is 18.3. The number of nitrogens with one attached hydrogen (secondary N) is 1. The summed E-state index contributed by atoms with van der Waals surface area (Å²) in [7, 11) is 0. The van der Waals surface area contributed by atoms with E-state index in [4.69, 9.17) is 11.6 Å². The summed E-state index contributed by atoms with van der Waals surface area (Å²) in [5.74, 6) is -0.0173. The molecule has 0 spiro atoms. The van der Waals surface area contributed by atoms with E-state index in [0.717, 1.165) is 12.0 Å². The van der Waals surface area contributed by atoms with Gasteiger partial charge < -0.3 is 9.88 Å². The molecule has 0 aliphatic carbocycles. The number of carbonyl (C=O) groups is 2. The molecule has 170 valence electrons. The molecular weight excluding hydrogens is 442 g/mol. The van der Waals surface area contributed by atoms with Gasteiger partial charge in [-0.05, 0) is 30.2 Å². The number of halogens is 1. The van der Waals surface area contributed by atoms with Gasteiger partial charge in [-0.15, -0.1) is 0 Å². The Kier molecular flexibility index (Phi) is 6.84. The maximum atomic E-state index is 13.3. The maximum absolute atomic E-state index is 13.3.